The Balaban J connectivity index is 2.82. The van der Waals surface area contributed by atoms with Crippen LogP contribution in [0, 0.1) is 0 Å². The van der Waals surface area contributed by atoms with E-state index in [4.69, 9.17) is 5.73 Å². The van der Waals surface area contributed by atoms with Crippen LogP contribution in [0.1, 0.15) is 38.3 Å². The van der Waals surface area contributed by atoms with Crippen LogP contribution in [-0.4, -0.2) is 30.0 Å². The Hall–Kier alpha value is -0.720. The van der Waals surface area contributed by atoms with Gasteiger partial charge >= 0.3 is 5.51 Å². The van der Waals surface area contributed by atoms with Crippen molar-refractivity contribution in [3.05, 3.63) is 29.8 Å². The number of nitrogens with two attached hydrogens (primary N) is 1. The van der Waals surface area contributed by atoms with Crippen molar-refractivity contribution < 1.29 is 13.2 Å². The maximum absolute atomic E-state index is 12.3. The lowest BCUT2D eigenvalue weighted by atomic mass is 10.0. The number of hydrogen-bond donors (Lipinski definition) is 1. The number of thioether (sulfide) groups is 1. The minimum Gasteiger partial charge on any atom is -0.329 e. The first-order valence-electron chi connectivity index (χ1n) is 7.06. The Bertz CT molecular complexity index is 420. The van der Waals surface area contributed by atoms with Crippen LogP contribution < -0.4 is 5.73 Å². The predicted molar refractivity (Wildman–Crippen MR) is 82.3 cm³/mol. The molecule has 2 unspecified atom stereocenters. The van der Waals surface area contributed by atoms with E-state index in [9.17, 15) is 13.2 Å². The topological polar surface area (TPSA) is 29.3 Å². The van der Waals surface area contributed by atoms with Crippen molar-refractivity contribution in [3.8, 4) is 0 Å². The SMILES string of the molecule is CCCC(C)N(C)C(CN)c1ccc(SC(F)(F)F)cc1. The van der Waals surface area contributed by atoms with Crippen LogP contribution in [0.2, 0.25) is 0 Å². The molecule has 2 N–H and O–H groups in total. The predicted octanol–water partition coefficient (Wildman–Crippen LogP) is 4.42. The van der Waals surface area contributed by atoms with Crippen LogP contribution in [0.3, 0.4) is 0 Å². The number of nitrogens with zero attached hydrogens (tertiary/aromatic N) is 1. The molecule has 0 fully saturated rings. The molecule has 6 heteroatoms. The Morgan fingerprint density at radius 1 is 1.24 bits per heavy atom. The second kappa shape index (κ2) is 8.06. The lowest BCUT2D eigenvalue weighted by Gasteiger charge is -2.32. The molecule has 1 aromatic rings. The van der Waals surface area contributed by atoms with Crippen LogP contribution in [0.5, 0.6) is 0 Å². The third-order valence-electron chi connectivity index (χ3n) is 3.62. The summed E-state index contributed by atoms with van der Waals surface area (Å²) >= 11 is -0.0933. The number of halogens is 3. The highest BCUT2D eigenvalue weighted by atomic mass is 32.2. The van der Waals surface area contributed by atoms with Crippen LogP contribution in [-0.2, 0) is 0 Å². The van der Waals surface area contributed by atoms with Crippen molar-refractivity contribution in [2.45, 2.75) is 49.2 Å². The number of alkyl halides is 3. The van der Waals surface area contributed by atoms with Gasteiger partial charge in [-0.1, -0.05) is 25.5 Å². The number of likely N-dealkylation sites (N-methyl/N-ethyl adjacent to an activating group) is 1. The smallest absolute Gasteiger partial charge is 0.329 e. The maximum atomic E-state index is 12.3. The molecule has 0 spiro atoms. The normalized spacial score (nSPS) is 15.2. The van der Waals surface area contributed by atoms with Gasteiger partial charge in [-0.05, 0) is 49.9 Å². The molecule has 0 aliphatic carbocycles. The lowest BCUT2D eigenvalue weighted by Crippen LogP contribution is -2.36. The van der Waals surface area contributed by atoms with Crippen LogP contribution in [0.25, 0.3) is 0 Å². The monoisotopic (exact) mass is 320 g/mol. The second-order valence-corrected chi connectivity index (χ2v) is 6.31. The van der Waals surface area contributed by atoms with E-state index in [1.54, 1.807) is 12.1 Å². The van der Waals surface area contributed by atoms with Crippen molar-refractivity contribution in [1.82, 2.24) is 4.90 Å². The largest absolute Gasteiger partial charge is 0.446 e. The van der Waals surface area contributed by atoms with E-state index in [-0.39, 0.29) is 22.7 Å². The molecule has 0 amide bonds. The Morgan fingerprint density at radius 3 is 2.24 bits per heavy atom. The van der Waals surface area contributed by atoms with Gasteiger partial charge in [-0.15, -0.1) is 0 Å². The van der Waals surface area contributed by atoms with E-state index in [0.29, 0.717) is 12.6 Å². The van der Waals surface area contributed by atoms with Gasteiger partial charge in [-0.25, -0.2) is 0 Å². The van der Waals surface area contributed by atoms with Gasteiger partial charge in [0.2, 0.25) is 0 Å². The highest BCUT2D eigenvalue weighted by molar-refractivity contribution is 8.00. The first-order chi connectivity index (χ1) is 9.78. The minimum absolute atomic E-state index is 0.0245. The molecule has 1 rings (SSSR count). The molecule has 0 radical (unpaired) electrons. The maximum Gasteiger partial charge on any atom is 0.446 e. The molecular formula is C15H23F3N2S. The van der Waals surface area contributed by atoms with E-state index in [2.05, 4.69) is 18.7 Å². The average molecular weight is 320 g/mol. The van der Waals surface area contributed by atoms with E-state index < -0.39 is 5.51 Å². The van der Waals surface area contributed by atoms with Gasteiger partial charge in [-0.3, -0.25) is 4.90 Å². The van der Waals surface area contributed by atoms with Gasteiger partial charge in [-0.2, -0.15) is 13.2 Å². The van der Waals surface area contributed by atoms with Crippen molar-refractivity contribution in [1.29, 1.82) is 0 Å². The van der Waals surface area contributed by atoms with Gasteiger partial charge in [0.25, 0.3) is 0 Å². The second-order valence-electron chi connectivity index (χ2n) is 5.17. The summed E-state index contributed by atoms with van der Waals surface area (Å²) in [5, 5.41) is 0. The van der Waals surface area contributed by atoms with Crippen molar-refractivity contribution in [2.75, 3.05) is 13.6 Å². The van der Waals surface area contributed by atoms with Gasteiger partial charge in [0, 0.05) is 23.5 Å². The van der Waals surface area contributed by atoms with E-state index in [0.717, 1.165) is 18.4 Å². The number of rotatable bonds is 7. The Kier molecular flexibility index (Phi) is 7.03. The highest BCUT2D eigenvalue weighted by Crippen LogP contribution is 2.37. The third kappa shape index (κ3) is 5.88. The van der Waals surface area contributed by atoms with E-state index >= 15 is 0 Å². The Labute approximate surface area is 128 Å². The zero-order valence-electron chi connectivity index (χ0n) is 12.7. The van der Waals surface area contributed by atoms with Crippen LogP contribution in [0.15, 0.2) is 29.2 Å². The summed E-state index contributed by atoms with van der Waals surface area (Å²) in [6.07, 6.45) is 2.15. The molecule has 0 saturated carbocycles. The summed E-state index contributed by atoms with van der Waals surface area (Å²) in [6.45, 7) is 4.71. The summed E-state index contributed by atoms with van der Waals surface area (Å²) in [4.78, 5) is 2.39. The van der Waals surface area contributed by atoms with Crippen molar-refractivity contribution in [3.63, 3.8) is 0 Å². The summed E-state index contributed by atoms with van der Waals surface area (Å²) in [5.74, 6) is 0. The molecule has 2 nitrogen and oxygen atoms in total. The standard InChI is InChI=1S/C15H23F3N2S/c1-4-5-11(2)20(3)14(10-19)12-6-8-13(9-7-12)21-15(16,17)18/h6-9,11,14H,4-5,10,19H2,1-3H3. The molecule has 0 aliphatic heterocycles. The zero-order chi connectivity index (χ0) is 16.0. The van der Waals surface area contributed by atoms with Gasteiger partial charge in [0.05, 0.1) is 0 Å². The first kappa shape index (κ1) is 18.3. The van der Waals surface area contributed by atoms with E-state index in [1.165, 1.54) is 12.1 Å². The quantitative estimate of drug-likeness (QED) is 0.754. The average Bonchev–Trinajstić information content (AvgIpc) is 2.40. The van der Waals surface area contributed by atoms with E-state index in [1.807, 2.05) is 7.05 Å². The molecule has 0 bridgehead atoms. The van der Waals surface area contributed by atoms with Crippen LogP contribution in [0.4, 0.5) is 13.2 Å². The number of benzene rings is 1. The summed E-state index contributed by atoms with van der Waals surface area (Å²) in [7, 11) is 2.01. The molecular weight excluding hydrogens is 297 g/mol. The lowest BCUT2D eigenvalue weighted by molar-refractivity contribution is -0.0328. The summed E-state index contributed by atoms with van der Waals surface area (Å²) in [5.41, 5.74) is 2.56. The molecule has 0 saturated heterocycles. The summed E-state index contributed by atoms with van der Waals surface area (Å²) < 4.78 is 37.0. The fourth-order valence-corrected chi connectivity index (χ4v) is 2.90. The van der Waals surface area contributed by atoms with Gasteiger partial charge in [0.15, 0.2) is 0 Å². The fraction of sp³-hybridized carbons (Fsp3) is 0.600. The van der Waals surface area contributed by atoms with Crippen molar-refractivity contribution in [2.24, 2.45) is 5.73 Å². The molecule has 120 valence electrons. The number of hydrogen-bond acceptors (Lipinski definition) is 3. The molecule has 2 atom stereocenters. The fourth-order valence-electron chi connectivity index (χ4n) is 2.36. The van der Waals surface area contributed by atoms with Gasteiger partial charge in [0.1, 0.15) is 0 Å². The summed E-state index contributed by atoms with van der Waals surface area (Å²) in [6, 6.07) is 6.90. The first-order valence-corrected chi connectivity index (χ1v) is 7.87. The third-order valence-corrected chi connectivity index (χ3v) is 4.35. The van der Waals surface area contributed by atoms with Crippen molar-refractivity contribution >= 4 is 11.8 Å². The molecule has 0 aromatic heterocycles. The van der Waals surface area contributed by atoms with Gasteiger partial charge < -0.3 is 5.73 Å². The molecule has 21 heavy (non-hydrogen) atoms. The zero-order valence-corrected chi connectivity index (χ0v) is 13.5. The molecule has 0 aliphatic rings. The molecule has 1 aromatic carbocycles. The molecule has 0 heterocycles. The highest BCUT2D eigenvalue weighted by Gasteiger charge is 2.29. The Morgan fingerprint density at radius 2 is 1.81 bits per heavy atom. The minimum atomic E-state index is -4.25. The van der Waals surface area contributed by atoms with Crippen LogP contribution >= 0.6 is 11.8 Å².